The number of fused-ring (bicyclic) bond motifs is 1. The molecule has 3 aromatic rings. The van der Waals surface area contributed by atoms with E-state index in [0.29, 0.717) is 60.4 Å². The summed E-state index contributed by atoms with van der Waals surface area (Å²) in [5.74, 6) is 0.233. The van der Waals surface area contributed by atoms with Crippen LogP contribution < -0.4 is 10.6 Å². The molecule has 42 heavy (non-hydrogen) atoms. The van der Waals surface area contributed by atoms with E-state index in [0.717, 1.165) is 42.6 Å². The SMILES string of the molecule is CCOC(=O)C1(CCCN(Cc2nc3oc(-c4ccc(C)cc4)c(C(=O)NC)c3cc2C2CC2)S(=O)[O-])CCNCC1. The van der Waals surface area contributed by atoms with Crippen LogP contribution in [0.15, 0.2) is 34.7 Å². The van der Waals surface area contributed by atoms with Gasteiger partial charge >= 0.3 is 5.97 Å². The number of amides is 1. The van der Waals surface area contributed by atoms with E-state index in [-0.39, 0.29) is 30.9 Å². The third-order valence-corrected chi connectivity index (χ3v) is 9.18. The van der Waals surface area contributed by atoms with Crippen molar-refractivity contribution in [3.05, 3.63) is 52.7 Å². The summed E-state index contributed by atoms with van der Waals surface area (Å²) in [6.07, 6.45) is 4.38. The van der Waals surface area contributed by atoms with Crippen molar-refractivity contribution < 1.29 is 27.5 Å². The maximum absolute atomic E-state index is 13.0. The van der Waals surface area contributed by atoms with E-state index in [1.54, 1.807) is 14.0 Å². The highest BCUT2D eigenvalue weighted by molar-refractivity contribution is 7.76. The monoisotopic (exact) mass is 595 g/mol. The second kappa shape index (κ2) is 13.0. The van der Waals surface area contributed by atoms with Crippen LogP contribution in [0.25, 0.3) is 22.4 Å². The summed E-state index contributed by atoms with van der Waals surface area (Å²) >= 11 is -2.49. The minimum absolute atomic E-state index is 0.0850. The summed E-state index contributed by atoms with van der Waals surface area (Å²) in [5, 5.41) is 6.63. The number of benzene rings is 1. The number of aryl methyl sites for hydroxylation is 1. The van der Waals surface area contributed by atoms with Crippen LogP contribution in [-0.2, 0) is 27.3 Å². The number of rotatable bonds is 12. The van der Waals surface area contributed by atoms with Crippen molar-refractivity contribution in [2.45, 2.75) is 64.8 Å². The Morgan fingerprint density at radius 3 is 2.57 bits per heavy atom. The highest BCUT2D eigenvalue weighted by Crippen LogP contribution is 2.44. The Bertz CT molecular complexity index is 1460. The lowest BCUT2D eigenvalue weighted by Crippen LogP contribution is -2.43. The average Bonchev–Trinajstić information content (AvgIpc) is 3.77. The second-order valence-corrected chi connectivity index (χ2v) is 12.3. The van der Waals surface area contributed by atoms with Crippen molar-refractivity contribution >= 4 is 34.2 Å². The van der Waals surface area contributed by atoms with Crippen molar-refractivity contribution in [3.8, 4) is 11.3 Å². The summed E-state index contributed by atoms with van der Waals surface area (Å²) in [7, 11) is 1.58. The molecule has 1 unspecified atom stereocenters. The number of hydrogen-bond acceptors (Lipinski definition) is 8. The van der Waals surface area contributed by atoms with E-state index in [4.69, 9.17) is 14.1 Å². The third kappa shape index (κ3) is 6.44. The lowest BCUT2D eigenvalue weighted by molar-refractivity contribution is -0.157. The van der Waals surface area contributed by atoms with Gasteiger partial charge in [-0.15, -0.1) is 0 Å². The zero-order valence-corrected chi connectivity index (χ0v) is 25.3. The first-order valence-electron chi connectivity index (χ1n) is 14.7. The zero-order valence-electron chi connectivity index (χ0n) is 24.5. The summed E-state index contributed by atoms with van der Waals surface area (Å²) in [6, 6.07) is 9.70. The van der Waals surface area contributed by atoms with Crippen LogP contribution >= 0.6 is 0 Å². The first-order chi connectivity index (χ1) is 20.3. The van der Waals surface area contributed by atoms with Gasteiger partial charge < -0.3 is 24.3 Å². The molecule has 2 aliphatic rings. The van der Waals surface area contributed by atoms with Gasteiger partial charge in [0.05, 0.1) is 35.2 Å². The molecule has 2 aromatic heterocycles. The van der Waals surface area contributed by atoms with Crippen molar-refractivity contribution in [1.29, 1.82) is 0 Å². The van der Waals surface area contributed by atoms with Gasteiger partial charge in [0.2, 0.25) is 5.71 Å². The van der Waals surface area contributed by atoms with Crippen molar-refractivity contribution in [2.24, 2.45) is 5.41 Å². The van der Waals surface area contributed by atoms with Crippen LogP contribution in [0, 0.1) is 12.3 Å². The largest absolute Gasteiger partial charge is 0.760 e. The molecule has 0 bridgehead atoms. The van der Waals surface area contributed by atoms with Crippen molar-refractivity contribution in [3.63, 3.8) is 0 Å². The van der Waals surface area contributed by atoms with Gasteiger partial charge in [0, 0.05) is 30.4 Å². The molecule has 0 spiro atoms. The van der Waals surface area contributed by atoms with E-state index in [1.807, 2.05) is 37.3 Å². The molecule has 1 amide bonds. The first kappa shape index (κ1) is 30.3. The van der Waals surface area contributed by atoms with E-state index in [9.17, 15) is 18.4 Å². The van der Waals surface area contributed by atoms with Crippen LogP contribution in [-0.4, -0.2) is 63.2 Å². The Hall–Kier alpha value is -3.12. The van der Waals surface area contributed by atoms with E-state index in [2.05, 4.69) is 10.6 Å². The number of piperidine rings is 1. The molecular weight excluding hydrogens is 556 g/mol. The number of esters is 1. The van der Waals surface area contributed by atoms with Gasteiger partial charge in [-0.1, -0.05) is 29.8 Å². The number of carbonyl (C=O) groups excluding carboxylic acids is 2. The molecule has 2 N–H and O–H groups in total. The predicted octanol–water partition coefficient (Wildman–Crippen LogP) is 4.35. The summed E-state index contributed by atoms with van der Waals surface area (Å²) in [6.45, 7) is 5.92. The Morgan fingerprint density at radius 1 is 1.24 bits per heavy atom. The number of aromatic nitrogens is 1. The number of ether oxygens (including phenoxy) is 1. The Kier molecular flexibility index (Phi) is 9.41. The molecule has 0 radical (unpaired) electrons. The molecule has 1 saturated carbocycles. The van der Waals surface area contributed by atoms with Gasteiger partial charge in [0.25, 0.3) is 5.91 Å². The number of furan rings is 1. The highest BCUT2D eigenvalue weighted by atomic mass is 32.2. The molecule has 1 aliphatic carbocycles. The van der Waals surface area contributed by atoms with Crippen molar-refractivity contribution in [2.75, 3.05) is 33.3 Å². The Labute approximate surface area is 249 Å². The van der Waals surface area contributed by atoms with Crippen LogP contribution in [0.3, 0.4) is 0 Å². The standard InChI is InChI=1S/C31H40N4O6S/c1-4-40-30(37)31(13-15-33-16-14-31)12-5-17-35(42(38)39)19-25-23(21-10-11-21)18-24-26(28(36)32-3)27(41-29(24)34-25)22-8-6-20(2)7-9-22/h6-9,18,21,33H,4-5,10-17,19H2,1-3H3,(H,32,36)(H,38,39)/p-1. The van der Waals surface area contributed by atoms with Crippen LogP contribution in [0.2, 0.25) is 0 Å². The minimum Gasteiger partial charge on any atom is -0.760 e. The van der Waals surface area contributed by atoms with Gasteiger partial charge in [-0.05, 0) is 83.0 Å². The van der Waals surface area contributed by atoms with E-state index in [1.165, 1.54) is 4.31 Å². The summed E-state index contributed by atoms with van der Waals surface area (Å²) in [4.78, 5) is 30.7. The fourth-order valence-electron chi connectivity index (χ4n) is 5.92. The molecule has 1 aliphatic heterocycles. The number of nitrogens with one attached hydrogen (secondary N) is 2. The van der Waals surface area contributed by atoms with Gasteiger partial charge in [-0.2, -0.15) is 0 Å². The molecule has 1 saturated heterocycles. The van der Waals surface area contributed by atoms with Gasteiger partial charge in [0.1, 0.15) is 5.76 Å². The maximum atomic E-state index is 13.0. The zero-order chi connectivity index (χ0) is 29.9. The predicted molar refractivity (Wildman–Crippen MR) is 159 cm³/mol. The van der Waals surface area contributed by atoms with Gasteiger partial charge in [-0.25, -0.2) is 9.29 Å². The average molecular weight is 596 g/mol. The first-order valence-corrected chi connectivity index (χ1v) is 15.8. The minimum atomic E-state index is -2.49. The molecule has 3 heterocycles. The fourth-order valence-corrected chi connectivity index (χ4v) is 6.43. The number of hydrogen-bond donors (Lipinski definition) is 2. The van der Waals surface area contributed by atoms with E-state index < -0.39 is 16.7 Å². The normalized spacial score (nSPS) is 17.4. The lowest BCUT2D eigenvalue weighted by atomic mass is 9.75. The summed E-state index contributed by atoms with van der Waals surface area (Å²) < 4.78 is 37.7. The van der Waals surface area contributed by atoms with Gasteiger partial charge in [-0.3, -0.25) is 13.8 Å². The number of nitrogens with zero attached hydrogens (tertiary/aromatic N) is 2. The maximum Gasteiger partial charge on any atom is 0.312 e. The third-order valence-electron chi connectivity index (χ3n) is 8.45. The van der Waals surface area contributed by atoms with Crippen LogP contribution in [0.4, 0.5) is 0 Å². The van der Waals surface area contributed by atoms with E-state index >= 15 is 0 Å². The molecule has 10 nitrogen and oxygen atoms in total. The second-order valence-electron chi connectivity index (χ2n) is 11.3. The van der Waals surface area contributed by atoms with Crippen LogP contribution in [0.1, 0.15) is 78.5 Å². The molecule has 1 atom stereocenters. The fraction of sp³-hybridized carbons (Fsp3) is 0.516. The number of pyridine rings is 1. The number of carbonyl (C=O) groups is 2. The molecule has 2 fully saturated rings. The Balaban J connectivity index is 1.43. The van der Waals surface area contributed by atoms with Crippen molar-refractivity contribution in [1.82, 2.24) is 19.9 Å². The topological polar surface area (TPSA) is 137 Å². The quantitative estimate of drug-likeness (QED) is 0.233. The Morgan fingerprint density at radius 2 is 1.95 bits per heavy atom. The summed E-state index contributed by atoms with van der Waals surface area (Å²) in [5.41, 5.74) is 3.56. The highest BCUT2D eigenvalue weighted by Gasteiger charge is 2.40. The smallest absolute Gasteiger partial charge is 0.312 e. The molecule has 5 rings (SSSR count). The van der Waals surface area contributed by atoms with Crippen LogP contribution in [0.5, 0.6) is 0 Å². The lowest BCUT2D eigenvalue weighted by Gasteiger charge is -2.36. The van der Waals surface area contributed by atoms with Gasteiger partial charge in [0.15, 0.2) is 0 Å². The molecule has 1 aromatic carbocycles. The molecule has 226 valence electrons. The molecule has 11 heteroatoms. The molecular formula is C31H39N4O6S-.